The Labute approximate surface area is 177 Å². The van der Waals surface area contributed by atoms with Gasteiger partial charge in [-0.1, -0.05) is 45.8 Å². The molecule has 0 bridgehead atoms. The van der Waals surface area contributed by atoms with Gasteiger partial charge in [-0.2, -0.15) is 0 Å². The largest absolute Gasteiger partial charge is 0.462 e. The van der Waals surface area contributed by atoms with Crippen molar-refractivity contribution in [3.63, 3.8) is 0 Å². The summed E-state index contributed by atoms with van der Waals surface area (Å²) in [6.45, 7) is 10.7. The number of hydrogen-bond donors (Lipinski definition) is 0. The molecule has 3 saturated carbocycles. The van der Waals surface area contributed by atoms with E-state index in [1.165, 1.54) is 12.8 Å². The van der Waals surface area contributed by atoms with Crippen molar-refractivity contribution in [1.29, 1.82) is 0 Å². The Morgan fingerprint density at radius 1 is 1.17 bits per heavy atom. The average molecular weight is 401 g/mol. The van der Waals surface area contributed by atoms with Crippen LogP contribution < -0.4 is 0 Å². The van der Waals surface area contributed by atoms with Gasteiger partial charge in [0, 0.05) is 24.7 Å². The van der Waals surface area contributed by atoms with Crippen LogP contribution in [0.5, 0.6) is 0 Å². The minimum atomic E-state index is -0.138. The van der Waals surface area contributed by atoms with Crippen LogP contribution in [0.25, 0.3) is 0 Å². The third-order valence-electron chi connectivity index (χ3n) is 9.82. The maximum absolute atomic E-state index is 13.0. The lowest BCUT2D eigenvalue weighted by Crippen LogP contribution is -2.55. The highest BCUT2D eigenvalue weighted by Crippen LogP contribution is 2.68. The Morgan fingerprint density at radius 3 is 2.59 bits per heavy atom. The SMILES string of the molecule is CCC(=O)C1[C@H](CC)CC2C3CC=C4CCCC(OC(C)=O)C4(C)C3CCC21C. The fourth-order valence-electron chi connectivity index (χ4n) is 8.51. The van der Waals surface area contributed by atoms with E-state index in [0.717, 1.165) is 38.5 Å². The molecule has 0 aliphatic heterocycles. The maximum Gasteiger partial charge on any atom is 0.302 e. The van der Waals surface area contributed by atoms with Crippen molar-refractivity contribution in [3.05, 3.63) is 11.6 Å². The molecular weight excluding hydrogens is 360 g/mol. The van der Waals surface area contributed by atoms with Gasteiger partial charge in [0.05, 0.1) is 0 Å². The molecule has 4 aliphatic rings. The molecule has 4 aliphatic carbocycles. The Kier molecular flexibility index (Phi) is 5.49. The molecule has 0 spiro atoms. The third-order valence-corrected chi connectivity index (χ3v) is 9.82. The van der Waals surface area contributed by atoms with Gasteiger partial charge in [-0.3, -0.25) is 9.59 Å². The van der Waals surface area contributed by atoms with Crippen LogP contribution in [0.2, 0.25) is 0 Å². The van der Waals surface area contributed by atoms with Crippen LogP contribution >= 0.6 is 0 Å². The molecule has 0 aromatic heterocycles. The number of rotatable bonds is 4. The van der Waals surface area contributed by atoms with Gasteiger partial charge in [0.2, 0.25) is 0 Å². The zero-order valence-corrected chi connectivity index (χ0v) is 19.1. The molecule has 0 saturated heterocycles. The van der Waals surface area contributed by atoms with E-state index in [-0.39, 0.29) is 28.8 Å². The van der Waals surface area contributed by atoms with Crippen molar-refractivity contribution in [1.82, 2.24) is 0 Å². The maximum atomic E-state index is 13.0. The number of ether oxygens (including phenoxy) is 1. The number of allylic oxidation sites excluding steroid dienone is 1. The summed E-state index contributed by atoms with van der Waals surface area (Å²) in [5.41, 5.74) is 1.69. The highest BCUT2D eigenvalue weighted by atomic mass is 16.5. The predicted molar refractivity (Wildman–Crippen MR) is 115 cm³/mol. The molecule has 0 heterocycles. The number of fused-ring (bicyclic) bond motifs is 5. The number of carbonyl (C=O) groups excluding carboxylic acids is 2. The molecule has 4 rings (SSSR count). The minimum absolute atomic E-state index is 0.0112. The lowest BCUT2D eigenvalue weighted by atomic mass is 9.46. The van der Waals surface area contributed by atoms with Crippen LogP contribution in [0.1, 0.15) is 92.4 Å². The highest BCUT2D eigenvalue weighted by molar-refractivity contribution is 5.82. The van der Waals surface area contributed by atoms with Gasteiger partial charge in [-0.25, -0.2) is 0 Å². The van der Waals surface area contributed by atoms with E-state index in [2.05, 4.69) is 26.8 Å². The van der Waals surface area contributed by atoms with Gasteiger partial charge < -0.3 is 4.74 Å². The van der Waals surface area contributed by atoms with Crippen molar-refractivity contribution in [2.45, 2.75) is 98.5 Å². The molecule has 8 atom stereocenters. The highest BCUT2D eigenvalue weighted by Gasteiger charge is 2.63. The molecule has 7 unspecified atom stereocenters. The first kappa shape index (κ1) is 21.1. The number of esters is 1. The molecule has 0 N–H and O–H groups in total. The van der Waals surface area contributed by atoms with Crippen molar-refractivity contribution < 1.29 is 14.3 Å². The molecule has 0 amide bonds. The summed E-state index contributed by atoms with van der Waals surface area (Å²) in [5.74, 6) is 2.99. The average Bonchev–Trinajstić information content (AvgIpc) is 3.00. The summed E-state index contributed by atoms with van der Waals surface area (Å²) >= 11 is 0. The van der Waals surface area contributed by atoms with Crippen LogP contribution in [0.15, 0.2) is 11.6 Å². The topological polar surface area (TPSA) is 43.4 Å². The van der Waals surface area contributed by atoms with Gasteiger partial charge in [0.25, 0.3) is 0 Å². The normalized spacial score (nSPS) is 46.2. The van der Waals surface area contributed by atoms with E-state index in [0.29, 0.717) is 35.9 Å². The molecule has 3 heteroatoms. The van der Waals surface area contributed by atoms with E-state index in [4.69, 9.17) is 4.74 Å². The van der Waals surface area contributed by atoms with E-state index in [1.807, 2.05) is 6.92 Å². The number of ketones is 1. The van der Waals surface area contributed by atoms with Crippen molar-refractivity contribution in [2.24, 2.45) is 40.4 Å². The monoisotopic (exact) mass is 400 g/mol. The van der Waals surface area contributed by atoms with Gasteiger partial charge in [-0.05, 0) is 74.0 Å². The fraction of sp³-hybridized carbons (Fsp3) is 0.846. The molecular formula is C26H40O3. The molecule has 0 aromatic carbocycles. The summed E-state index contributed by atoms with van der Waals surface area (Å²) in [4.78, 5) is 24.9. The first-order valence-corrected chi connectivity index (χ1v) is 12.2. The van der Waals surface area contributed by atoms with Crippen LogP contribution in [0.4, 0.5) is 0 Å². The summed E-state index contributed by atoms with van der Waals surface area (Å²) in [6, 6.07) is 0. The second-order valence-corrected chi connectivity index (χ2v) is 10.9. The Bertz CT molecular complexity index is 709. The molecule has 0 radical (unpaired) electrons. The lowest BCUT2D eigenvalue weighted by molar-refractivity contribution is -0.162. The van der Waals surface area contributed by atoms with Crippen LogP contribution in [-0.4, -0.2) is 17.9 Å². The Morgan fingerprint density at radius 2 is 1.93 bits per heavy atom. The molecule has 3 fully saturated rings. The molecule has 3 nitrogen and oxygen atoms in total. The minimum Gasteiger partial charge on any atom is -0.462 e. The van der Waals surface area contributed by atoms with Crippen LogP contribution in [0, 0.1) is 40.4 Å². The predicted octanol–water partition coefficient (Wildman–Crippen LogP) is 6.11. The third kappa shape index (κ3) is 3.05. The molecule has 0 aromatic rings. The van der Waals surface area contributed by atoms with Crippen molar-refractivity contribution >= 4 is 11.8 Å². The molecule has 29 heavy (non-hydrogen) atoms. The first-order chi connectivity index (χ1) is 13.8. The van der Waals surface area contributed by atoms with Gasteiger partial charge in [0.1, 0.15) is 11.9 Å². The Balaban J connectivity index is 1.70. The summed E-state index contributed by atoms with van der Waals surface area (Å²) in [7, 11) is 0. The van der Waals surface area contributed by atoms with Gasteiger partial charge in [0.15, 0.2) is 0 Å². The number of Topliss-reactive ketones (excluding diaryl/α,β-unsaturated/α-hetero) is 1. The van der Waals surface area contributed by atoms with Crippen LogP contribution in [0.3, 0.4) is 0 Å². The summed E-state index contributed by atoms with van der Waals surface area (Å²) < 4.78 is 5.93. The van der Waals surface area contributed by atoms with E-state index < -0.39 is 0 Å². The van der Waals surface area contributed by atoms with E-state index in [1.54, 1.807) is 12.5 Å². The zero-order chi connectivity index (χ0) is 21.0. The Hall–Kier alpha value is -1.12. The van der Waals surface area contributed by atoms with E-state index >= 15 is 0 Å². The lowest BCUT2D eigenvalue weighted by Gasteiger charge is -2.59. The van der Waals surface area contributed by atoms with Crippen molar-refractivity contribution in [2.75, 3.05) is 0 Å². The number of hydrogen-bond acceptors (Lipinski definition) is 3. The summed E-state index contributed by atoms with van der Waals surface area (Å²) in [6.07, 6.45) is 12.3. The summed E-state index contributed by atoms with van der Waals surface area (Å²) in [5, 5.41) is 0. The standard InChI is InChI=1S/C26H40O3/c1-6-17-15-21-19-12-11-18-9-8-10-23(29-16(3)27)26(18,5)20(19)13-14-25(21,4)24(17)22(28)7-2/h11,17,19-21,23-24H,6-10,12-15H2,1-5H3/t17-,19?,20?,21?,23?,24?,25?,26?/m1/s1. The quantitative estimate of drug-likeness (QED) is 0.422. The van der Waals surface area contributed by atoms with Crippen LogP contribution in [-0.2, 0) is 14.3 Å². The zero-order valence-electron chi connectivity index (χ0n) is 19.1. The van der Waals surface area contributed by atoms with Crippen molar-refractivity contribution in [3.8, 4) is 0 Å². The fourth-order valence-corrected chi connectivity index (χ4v) is 8.51. The second-order valence-electron chi connectivity index (χ2n) is 10.9. The smallest absolute Gasteiger partial charge is 0.302 e. The van der Waals surface area contributed by atoms with Gasteiger partial charge in [-0.15, -0.1) is 0 Å². The van der Waals surface area contributed by atoms with E-state index in [9.17, 15) is 9.59 Å². The number of carbonyl (C=O) groups is 2. The van der Waals surface area contributed by atoms with Gasteiger partial charge >= 0.3 is 5.97 Å². The second kappa shape index (κ2) is 7.54. The first-order valence-electron chi connectivity index (χ1n) is 12.2. The molecule has 162 valence electrons.